The van der Waals surface area contributed by atoms with Crippen LogP contribution in [-0.2, 0) is 15.3 Å². The smallest absolute Gasteiger partial charge is 0.339 e. The third-order valence-corrected chi connectivity index (χ3v) is 4.27. The van der Waals surface area contributed by atoms with Crippen LogP contribution in [0.5, 0.6) is 0 Å². The molecule has 1 aliphatic carbocycles. The van der Waals surface area contributed by atoms with Gasteiger partial charge in [0, 0.05) is 16.8 Å². The van der Waals surface area contributed by atoms with Gasteiger partial charge in [-0.05, 0) is 12.8 Å². The van der Waals surface area contributed by atoms with E-state index in [9.17, 15) is 19.8 Å². The van der Waals surface area contributed by atoms with E-state index in [2.05, 4.69) is 5.32 Å². The summed E-state index contributed by atoms with van der Waals surface area (Å²) in [4.78, 5) is 25.1. The lowest BCUT2D eigenvalue weighted by Gasteiger charge is -2.32. The van der Waals surface area contributed by atoms with Crippen molar-refractivity contribution in [3.8, 4) is 0 Å². The molecule has 3 N–H and O–H groups in total. The Morgan fingerprint density at radius 1 is 1.30 bits per heavy atom. The fourth-order valence-electron chi connectivity index (χ4n) is 3.22. The van der Waals surface area contributed by atoms with Crippen LogP contribution >= 0.6 is 0 Å². The Bertz CT molecular complexity index is 738. The maximum absolute atomic E-state index is 12.7. The molecule has 0 spiro atoms. The highest BCUT2D eigenvalue weighted by Gasteiger charge is 2.70. The topological polar surface area (TPSA) is 95.9 Å². The van der Waals surface area contributed by atoms with Crippen LogP contribution in [0, 0.1) is 5.92 Å². The molecule has 6 nitrogen and oxygen atoms in total. The van der Waals surface area contributed by atoms with Gasteiger partial charge in [-0.3, -0.25) is 4.79 Å². The number of carbonyl (C=O) groups is 2. The lowest BCUT2D eigenvalue weighted by Crippen LogP contribution is -2.56. The molecule has 0 aromatic heterocycles. The van der Waals surface area contributed by atoms with Gasteiger partial charge in [-0.25, -0.2) is 4.79 Å². The van der Waals surface area contributed by atoms with E-state index >= 15 is 0 Å². The minimum absolute atomic E-state index is 0.110. The highest BCUT2D eigenvalue weighted by Crippen LogP contribution is 2.51. The normalized spacial score (nSPS) is 28.7. The Morgan fingerprint density at radius 2 is 1.96 bits per heavy atom. The third kappa shape index (κ3) is 1.88. The summed E-state index contributed by atoms with van der Waals surface area (Å²) in [6.07, 6.45) is 0. The molecule has 2 atom stereocenters. The van der Waals surface area contributed by atoms with Crippen molar-refractivity contribution in [2.45, 2.75) is 32.1 Å². The standard InChI is InChI=1S/C17H19NO5/c1-9(2)8-23-15(20)13-10(3)18-17(22)12-7-5-4-6-11(12)14(19)16(13,17)21/h4-7,9,18,21-22H,8H2,1-3H3/t16-,17-/m0/s1. The minimum atomic E-state index is -2.38. The number of esters is 1. The van der Waals surface area contributed by atoms with Crippen molar-refractivity contribution in [2.75, 3.05) is 6.61 Å². The minimum Gasteiger partial charge on any atom is -0.462 e. The number of allylic oxidation sites excluding steroid dienone is 1. The summed E-state index contributed by atoms with van der Waals surface area (Å²) >= 11 is 0. The number of hydrogen-bond acceptors (Lipinski definition) is 6. The molecular formula is C17H19NO5. The molecule has 0 amide bonds. The number of ketones is 1. The van der Waals surface area contributed by atoms with Gasteiger partial charge in [0.15, 0.2) is 0 Å². The van der Waals surface area contributed by atoms with Crippen LogP contribution in [0.15, 0.2) is 35.5 Å². The first kappa shape index (κ1) is 15.7. The van der Waals surface area contributed by atoms with Crippen molar-refractivity contribution in [2.24, 2.45) is 5.92 Å². The first-order valence-electron chi connectivity index (χ1n) is 7.49. The number of ether oxygens (including phenoxy) is 1. The molecule has 1 aromatic rings. The van der Waals surface area contributed by atoms with Crippen LogP contribution in [0.25, 0.3) is 0 Å². The zero-order valence-corrected chi connectivity index (χ0v) is 13.2. The Morgan fingerprint density at radius 3 is 2.61 bits per heavy atom. The Kier molecular flexibility index (Phi) is 3.35. The summed E-state index contributed by atoms with van der Waals surface area (Å²) < 4.78 is 5.16. The zero-order chi connectivity index (χ0) is 17.0. The fourth-order valence-corrected chi connectivity index (χ4v) is 3.22. The van der Waals surface area contributed by atoms with Crippen molar-refractivity contribution in [3.63, 3.8) is 0 Å². The largest absolute Gasteiger partial charge is 0.462 e. The molecule has 0 radical (unpaired) electrons. The third-order valence-electron chi connectivity index (χ3n) is 4.27. The number of carbonyl (C=O) groups excluding carboxylic acids is 2. The maximum atomic E-state index is 12.7. The van der Waals surface area contributed by atoms with Gasteiger partial charge in [0.2, 0.25) is 17.1 Å². The second-order valence-corrected chi connectivity index (χ2v) is 6.41. The molecule has 2 aliphatic rings. The Balaban J connectivity index is 2.07. The van der Waals surface area contributed by atoms with Crippen LogP contribution in [0.3, 0.4) is 0 Å². The van der Waals surface area contributed by atoms with Crippen LogP contribution in [-0.4, -0.2) is 34.2 Å². The van der Waals surface area contributed by atoms with Gasteiger partial charge in [-0.1, -0.05) is 38.1 Å². The van der Waals surface area contributed by atoms with Gasteiger partial charge in [0.05, 0.1) is 6.61 Å². The summed E-state index contributed by atoms with van der Waals surface area (Å²) in [6.45, 7) is 5.44. The first-order valence-corrected chi connectivity index (χ1v) is 7.49. The zero-order valence-electron chi connectivity index (χ0n) is 13.2. The lowest BCUT2D eigenvalue weighted by molar-refractivity contribution is -0.147. The van der Waals surface area contributed by atoms with Crippen molar-refractivity contribution in [3.05, 3.63) is 46.7 Å². The van der Waals surface area contributed by atoms with E-state index in [0.717, 1.165) is 0 Å². The fraction of sp³-hybridized carbons (Fsp3) is 0.412. The molecule has 0 unspecified atom stereocenters. The molecule has 0 saturated heterocycles. The number of benzene rings is 1. The lowest BCUT2D eigenvalue weighted by atomic mass is 9.85. The Labute approximate surface area is 133 Å². The summed E-state index contributed by atoms with van der Waals surface area (Å²) in [5.74, 6) is -1.40. The van der Waals surface area contributed by atoms with Crippen LogP contribution in [0.4, 0.5) is 0 Å². The van der Waals surface area contributed by atoms with Gasteiger partial charge >= 0.3 is 5.97 Å². The SMILES string of the molecule is CC1=C(C(=O)OCC(C)C)[C@]2(O)C(=O)c3ccccc3[C@@]2(O)N1. The number of Topliss-reactive ketones (excluding diaryl/α,β-unsaturated/α-hetero) is 1. The molecule has 1 aromatic carbocycles. The molecule has 1 heterocycles. The Hall–Kier alpha value is -2.18. The van der Waals surface area contributed by atoms with Crippen LogP contribution in [0.1, 0.15) is 36.7 Å². The molecule has 0 bridgehead atoms. The maximum Gasteiger partial charge on any atom is 0.339 e. The highest BCUT2D eigenvalue weighted by atomic mass is 16.5. The van der Waals surface area contributed by atoms with E-state index in [1.54, 1.807) is 18.2 Å². The molecule has 23 heavy (non-hydrogen) atoms. The highest BCUT2D eigenvalue weighted by molar-refractivity contribution is 6.16. The van der Waals surface area contributed by atoms with Gasteiger partial charge in [0.25, 0.3) is 0 Å². The van der Waals surface area contributed by atoms with Crippen molar-refractivity contribution < 1.29 is 24.5 Å². The summed E-state index contributed by atoms with van der Waals surface area (Å²) in [6, 6.07) is 6.35. The number of aliphatic hydroxyl groups is 2. The molecule has 0 fully saturated rings. The second-order valence-electron chi connectivity index (χ2n) is 6.41. The monoisotopic (exact) mass is 317 g/mol. The average Bonchev–Trinajstić information content (AvgIpc) is 2.80. The molecule has 3 rings (SSSR count). The molecule has 122 valence electrons. The van der Waals surface area contributed by atoms with E-state index < -0.39 is 23.1 Å². The summed E-state index contributed by atoms with van der Waals surface area (Å²) in [7, 11) is 0. The first-order chi connectivity index (χ1) is 10.7. The van der Waals surface area contributed by atoms with E-state index in [-0.39, 0.29) is 34.9 Å². The second kappa shape index (κ2) is 4.91. The molecule has 0 saturated carbocycles. The van der Waals surface area contributed by atoms with Crippen LogP contribution < -0.4 is 5.32 Å². The number of hydrogen-bond donors (Lipinski definition) is 3. The predicted octanol–water partition coefficient (Wildman–Crippen LogP) is 0.835. The van der Waals surface area contributed by atoms with Gasteiger partial charge in [-0.15, -0.1) is 0 Å². The number of nitrogens with one attached hydrogen (secondary N) is 1. The van der Waals surface area contributed by atoms with Gasteiger partial charge < -0.3 is 20.3 Å². The number of rotatable bonds is 3. The molecule has 1 aliphatic heterocycles. The van der Waals surface area contributed by atoms with E-state index in [4.69, 9.17) is 4.74 Å². The number of fused-ring (bicyclic) bond motifs is 3. The molecule has 6 heteroatoms. The van der Waals surface area contributed by atoms with E-state index in [0.29, 0.717) is 0 Å². The van der Waals surface area contributed by atoms with Crippen LogP contribution in [0.2, 0.25) is 0 Å². The average molecular weight is 317 g/mol. The van der Waals surface area contributed by atoms with Crippen molar-refractivity contribution in [1.29, 1.82) is 0 Å². The summed E-state index contributed by atoms with van der Waals surface area (Å²) in [5.41, 5.74) is -4.01. The van der Waals surface area contributed by atoms with Gasteiger partial charge in [0.1, 0.15) is 5.57 Å². The van der Waals surface area contributed by atoms with E-state index in [1.165, 1.54) is 13.0 Å². The van der Waals surface area contributed by atoms with Crippen molar-refractivity contribution >= 4 is 11.8 Å². The molecular weight excluding hydrogens is 298 g/mol. The quantitative estimate of drug-likeness (QED) is 0.715. The summed E-state index contributed by atoms with van der Waals surface area (Å²) in [5, 5.41) is 24.7. The van der Waals surface area contributed by atoms with Gasteiger partial charge in [-0.2, -0.15) is 0 Å². The van der Waals surface area contributed by atoms with Crippen molar-refractivity contribution in [1.82, 2.24) is 5.32 Å². The predicted molar refractivity (Wildman–Crippen MR) is 81.3 cm³/mol. The van der Waals surface area contributed by atoms with E-state index in [1.807, 2.05) is 13.8 Å².